The van der Waals surface area contributed by atoms with Gasteiger partial charge in [0.2, 0.25) is 10.0 Å². The lowest BCUT2D eigenvalue weighted by Gasteiger charge is -2.36. The first-order valence-electron chi connectivity index (χ1n) is 8.36. The number of aryl methyl sites for hydroxylation is 1. The van der Waals surface area contributed by atoms with Crippen LogP contribution in [0.2, 0.25) is 0 Å². The lowest BCUT2D eigenvalue weighted by molar-refractivity contribution is 0.298. The molecule has 0 aliphatic carbocycles. The molecule has 0 saturated carbocycles. The molecule has 0 spiro atoms. The van der Waals surface area contributed by atoms with E-state index in [1.807, 2.05) is 67.7 Å². The van der Waals surface area contributed by atoms with Crippen LogP contribution in [0.15, 0.2) is 77.8 Å². The monoisotopic (exact) mass is 352 g/mol. The molecule has 4 rings (SSSR count). The van der Waals surface area contributed by atoms with Crippen LogP contribution in [0.25, 0.3) is 0 Å². The Morgan fingerprint density at radius 3 is 2.32 bits per heavy atom. The highest BCUT2D eigenvalue weighted by atomic mass is 32.2. The van der Waals surface area contributed by atoms with Gasteiger partial charge < -0.3 is 4.57 Å². The van der Waals surface area contributed by atoms with E-state index in [4.69, 9.17) is 0 Å². The first-order chi connectivity index (χ1) is 12.1. The number of benzene rings is 2. The molecule has 128 valence electrons. The maximum atomic E-state index is 13.3. The molecule has 5 heteroatoms. The van der Waals surface area contributed by atoms with Crippen LogP contribution in [0.3, 0.4) is 0 Å². The summed E-state index contributed by atoms with van der Waals surface area (Å²) in [6.07, 6.45) is 2.01. The number of hydrogen-bond acceptors (Lipinski definition) is 2. The fraction of sp³-hybridized carbons (Fsp3) is 0.200. The van der Waals surface area contributed by atoms with Crippen LogP contribution in [-0.4, -0.2) is 23.8 Å². The molecule has 0 bridgehead atoms. The maximum Gasteiger partial charge on any atom is 0.244 e. The van der Waals surface area contributed by atoms with Gasteiger partial charge in [-0.2, -0.15) is 4.31 Å². The molecule has 2 aromatic carbocycles. The van der Waals surface area contributed by atoms with Gasteiger partial charge in [0.05, 0.1) is 10.9 Å². The summed E-state index contributed by atoms with van der Waals surface area (Å²) in [5.41, 5.74) is 3.04. The Bertz CT molecular complexity index is 976. The summed E-state index contributed by atoms with van der Waals surface area (Å²) in [5, 5.41) is 0. The number of rotatable bonds is 3. The van der Waals surface area contributed by atoms with E-state index >= 15 is 0 Å². The lowest BCUT2D eigenvalue weighted by Crippen LogP contribution is -2.42. The number of hydrogen-bond donors (Lipinski definition) is 0. The zero-order valence-electron chi connectivity index (χ0n) is 14.0. The van der Waals surface area contributed by atoms with E-state index in [1.54, 1.807) is 16.4 Å². The van der Waals surface area contributed by atoms with Crippen molar-refractivity contribution in [2.75, 3.05) is 6.54 Å². The van der Waals surface area contributed by atoms with Crippen LogP contribution < -0.4 is 0 Å². The molecule has 0 N–H and O–H groups in total. The van der Waals surface area contributed by atoms with Gasteiger partial charge in [-0.3, -0.25) is 0 Å². The Labute approximate surface area is 148 Å². The molecule has 3 aromatic rings. The normalized spacial score (nSPS) is 18.0. The second-order valence-electron chi connectivity index (χ2n) is 6.37. The molecule has 0 saturated heterocycles. The molecule has 1 aliphatic heterocycles. The van der Waals surface area contributed by atoms with Crippen molar-refractivity contribution < 1.29 is 8.42 Å². The molecule has 1 aromatic heterocycles. The molecule has 0 amide bonds. The molecular weight excluding hydrogens is 332 g/mol. The molecule has 4 nitrogen and oxygen atoms in total. The second kappa shape index (κ2) is 6.17. The van der Waals surface area contributed by atoms with E-state index in [-0.39, 0.29) is 6.04 Å². The standard InChI is InChI=1S/C20H20N2O2S/c1-16-9-11-18(12-10-16)25(23,24)22-15-14-21-13-5-8-19(21)20(22)17-6-3-2-4-7-17/h2-13,20H,14-15H2,1H3/t20-/m1/s1. The highest BCUT2D eigenvalue weighted by Gasteiger charge is 2.37. The second-order valence-corrected chi connectivity index (χ2v) is 8.26. The van der Waals surface area contributed by atoms with Gasteiger partial charge in [-0.15, -0.1) is 0 Å². The first-order valence-corrected chi connectivity index (χ1v) is 9.80. The van der Waals surface area contributed by atoms with Crippen LogP contribution in [0.1, 0.15) is 22.9 Å². The van der Waals surface area contributed by atoms with Gasteiger partial charge in [-0.1, -0.05) is 48.0 Å². The topological polar surface area (TPSA) is 42.3 Å². The summed E-state index contributed by atoms with van der Waals surface area (Å²) in [4.78, 5) is 0.346. The van der Waals surface area contributed by atoms with Crippen molar-refractivity contribution >= 4 is 10.0 Å². The average Bonchev–Trinajstić information content (AvgIpc) is 3.10. The summed E-state index contributed by atoms with van der Waals surface area (Å²) in [5.74, 6) is 0. The van der Waals surface area contributed by atoms with Gasteiger partial charge in [0, 0.05) is 25.0 Å². The molecule has 1 aliphatic rings. The van der Waals surface area contributed by atoms with E-state index in [2.05, 4.69) is 4.57 Å². The molecule has 1 atom stereocenters. The van der Waals surface area contributed by atoms with Crippen molar-refractivity contribution in [1.29, 1.82) is 0 Å². The molecule has 25 heavy (non-hydrogen) atoms. The Balaban J connectivity index is 1.84. The summed E-state index contributed by atoms with van der Waals surface area (Å²) >= 11 is 0. The highest BCUT2D eigenvalue weighted by molar-refractivity contribution is 7.89. The Kier molecular flexibility index (Phi) is 3.98. The van der Waals surface area contributed by atoms with Crippen LogP contribution in [0.4, 0.5) is 0 Å². The number of nitrogens with zero attached hydrogens (tertiary/aromatic N) is 2. The van der Waals surface area contributed by atoms with Gasteiger partial charge in [-0.05, 0) is 36.8 Å². The molecule has 0 fully saturated rings. The van der Waals surface area contributed by atoms with E-state index in [9.17, 15) is 8.42 Å². The third kappa shape index (κ3) is 2.79. The summed E-state index contributed by atoms with van der Waals surface area (Å²) < 4.78 is 30.4. The molecule has 2 heterocycles. The zero-order chi connectivity index (χ0) is 17.4. The smallest absolute Gasteiger partial charge is 0.244 e. The number of aromatic nitrogens is 1. The minimum absolute atomic E-state index is 0.309. The predicted molar refractivity (Wildman–Crippen MR) is 97.8 cm³/mol. The van der Waals surface area contributed by atoms with Gasteiger partial charge in [-0.25, -0.2) is 8.42 Å². The fourth-order valence-electron chi connectivity index (χ4n) is 3.44. The number of fused-ring (bicyclic) bond motifs is 1. The molecular formula is C20H20N2O2S. The minimum Gasteiger partial charge on any atom is -0.348 e. The maximum absolute atomic E-state index is 13.3. The van der Waals surface area contributed by atoms with Crippen LogP contribution in [-0.2, 0) is 16.6 Å². The SMILES string of the molecule is Cc1ccc(S(=O)(=O)N2CCn3cccc3[C@H]2c2ccccc2)cc1. The third-order valence-electron chi connectivity index (χ3n) is 4.74. The van der Waals surface area contributed by atoms with E-state index in [0.717, 1.165) is 16.8 Å². The Morgan fingerprint density at radius 1 is 0.880 bits per heavy atom. The lowest BCUT2D eigenvalue weighted by atomic mass is 10.0. The van der Waals surface area contributed by atoms with Crippen molar-refractivity contribution in [3.63, 3.8) is 0 Å². The van der Waals surface area contributed by atoms with E-state index < -0.39 is 10.0 Å². The van der Waals surface area contributed by atoms with Crippen LogP contribution in [0.5, 0.6) is 0 Å². The van der Waals surface area contributed by atoms with Crippen LogP contribution >= 0.6 is 0 Å². The van der Waals surface area contributed by atoms with Crippen molar-refractivity contribution in [3.8, 4) is 0 Å². The zero-order valence-corrected chi connectivity index (χ0v) is 14.9. The Hall–Kier alpha value is -2.37. The summed E-state index contributed by atoms with van der Waals surface area (Å²) in [6.45, 7) is 3.07. The van der Waals surface area contributed by atoms with Crippen molar-refractivity contribution in [1.82, 2.24) is 8.87 Å². The van der Waals surface area contributed by atoms with Gasteiger partial charge in [0.1, 0.15) is 0 Å². The van der Waals surface area contributed by atoms with Gasteiger partial charge in [0.25, 0.3) is 0 Å². The van der Waals surface area contributed by atoms with Crippen molar-refractivity contribution in [3.05, 3.63) is 89.7 Å². The summed E-state index contributed by atoms with van der Waals surface area (Å²) in [6, 6.07) is 20.6. The largest absolute Gasteiger partial charge is 0.348 e. The highest BCUT2D eigenvalue weighted by Crippen LogP contribution is 2.36. The quantitative estimate of drug-likeness (QED) is 0.723. The molecule has 0 unspecified atom stereocenters. The van der Waals surface area contributed by atoms with Gasteiger partial charge in [0.15, 0.2) is 0 Å². The predicted octanol–water partition coefficient (Wildman–Crippen LogP) is 3.59. The molecule has 0 radical (unpaired) electrons. The first kappa shape index (κ1) is 16.1. The van der Waals surface area contributed by atoms with Crippen molar-refractivity contribution in [2.24, 2.45) is 0 Å². The van der Waals surface area contributed by atoms with Crippen molar-refractivity contribution in [2.45, 2.75) is 24.4 Å². The fourth-order valence-corrected chi connectivity index (χ4v) is 5.02. The number of sulfonamides is 1. The third-order valence-corrected chi connectivity index (χ3v) is 6.62. The minimum atomic E-state index is -3.58. The summed E-state index contributed by atoms with van der Waals surface area (Å²) in [7, 11) is -3.58. The van der Waals surface area contributed by atoms with Gasteiger partial charge >= 0.3 is 0 Å². The van der Waals surface area contributed by atoms with E-state index in [1.165, 1.54) is 0 Å². The average molecular weight is 352 g/mol. The van der Waals surface area contributed by atoms with Crippen LogP contribution in [0, 0.1) is 6.92 Å². The Morgan fingerprint density at radius 2 is 1.60 bits per heavy atom. The van der Waals surface area contributed by atoms with E-state index in [0.29, 0.717) is 18.0 Å².